The first-order valence-electron chi connectivity index (χ1n) is 9.83. The molecule has 1 saturated heterocycles. The number of nitrogens with zero attached hydrogens (tertiary/aromatic N) is 4. The molecule has 7 heteroatoms. The average Bonchev–Trinajstić information content (AvgIpc) is 2.92. The summed E-state index contributed by atoms with van der Waals surface area (Å²) >= 11 is 0. The number of unbranched alkanes of at least 4 members (excludes halogenated alkanes) is 1. The molecule has 0 aromatic carbocycles. The summed E-state index contributed by atoms with van der Waals surface area (Å²) in [5.41, 5.74) is 6.82. The Hall–Kier alpha value is -1.89. The van der Waals surface area contributed by atoms with Gasteiger partial charge in [-0.3, -0.25) is 9.69 Å². The third-order valence-corrected chi connectivity index (χ3v) is 5.43. The van der Waals surface area contributed by atoms with E-state index in [1.54, 1.807) is 4.90 Å². The van der Waals surface area contributed by atoms with E-state index in [1.807, 2.05) is 0 Å². The Morgan fingerprint density at radius 2 is 2.00 bits per heavy atom. The molecule has 1 amide bonds. The van der Waals surface area contributed by atoms with E-state index < -0.39 is 0 Å². The third kappa shape index (κ3) is 4.09. The van der Waals surface area contributed by atoms with Gasteiger partial charge in [-0.15, -0.1) is 0 Å². The van der Waals surface area contributed by atoms with Crippen molar-refractivity contribution in [3.63, 3.8) is 0 Å². The van der Waals surface area contributed by atoms with Gasteiger partial charge in [0.1, 0.15) is 11.6 Å². The fourth-order valence-corrected chi connectivity index (χ4v) is 3.70. The highest BCUT2D eigenvalue weighted by atomic mass is 16.5. The van der Waals surface area contributed by atoms with Crippen LogP contribution in [0.5, 0.6) is 6.01 Å². The third-order valence-electron chi connectivity index (χ3n) is 5.43. The summed E-state index contributed by atoms with van der Waals surface area (Å²) in [4.78, 5) is 25.6. The molecular formula is C19H31N5O2. The van der Waals surface area contributed by atoms with Crippen LogP contribution >= 0.6 is 0 Å². The van der Waals surface area contributed by atoms with E-state index in [-0.39, 0.29) is 11.9 Å². The molecule has 1 aromatic heterocycles. The van der Waals surface area contributed by atoms with Gasteiger partial charge in [-0.2, -0.15) is 9.97 Å². The lowest BCUT2D eigenvalue weighted by molar-refractivity contribution is -0.117. The standard InChI is InChI=1S/C19H31N5O2/c1-4-5-10-26-19-21-17(20)15-11-16(25)24(18(15)22-19)12-14-6-8-23(9-7-14)13(2)3/h13-14H,4-12H2,1-3H3,(H2,20,21,22). The molecule has 0 saturated carbocycles. The van der Waals surface area contributed by atoms with Crippen LogP contribution in [0.15, 0.2) is 0 Å². The fraction of sp³-hybridized carbons (Fsp3) is 0.737. The highest BCUT2D eigenvalue weighted by molar-refractivity contribution is 6.01. The minimum Gasteiger partial charge on any atom is -0.463 e. The van der Waals surface area contributed by atoms with Crippen LogP contribution in [0, 0.1) is 5.92 Å². The topological polar surface area (TPSA) is 84.6 Å². The van der Waals surface area contributed by atoms with Crippen LogP contribution in [0.1, 0.15) is 52.0 Å². The number of carbonyl (C=O) groups is 1. The predicted molar refractivity (Wildman–Crippen MR) is 102 cm³/mol. The number of likely N-dealkylation sites (tertiary alicyclic amines) is 1. The zero-order valence-electron chi connectivity index (χ0n) is 16.2. The number of nitrogens with two attached hydrogens (primary N) is 1. The lowest BCUT2D eigenvalue weighted by Crippen LogP contribution is -2.42. The zero-order valence-corrected chi connectivity index (χ0v) is 16.2. The van der Waals surface area contributed by atoms with Crippen molar-refractivity contribution < 1.29 is 9.53 Å². The monoisotopic (exact) mass is 361 g/mol. The Morgan fingerprint density at radius 1 is 1.27 bits per heavy atom. The number of aromatic nitrogens is 2. The van der Waals surface area contributed by atoms with Crippen molar-refractivity contribution in [3.8, 4) is 6.01 Å². The quantitative estimate of drug-likeness (QED) is 0.750. The summed E-state index contributed by atoms with van der Waals surface area (Å²) in [7, 11) is 0. The molecule has 3 heterocycles. The van der Waals surface area contributed by atoms with Crippen molar-refractivity contribution in [2.75, 3.05) is 36.9 Å². The second-order valence-corrected chi connectivity index (χ2v) is 7.65. The van der Waals surface area contributed by atoms with Gasteiger partial charge in [-0.05, 0) is 52.1 Å². The van der Waals surface area contributed by atoms with Crippen LogP contribution in [0.25, 0.3) is 0 Å². The van der Waals surface area contributed by atoms with E-state index in [9.17, 15) is 4.79 Å². The van der Waals surface area contributed by atoms with Gasteiger partial charge in [0.25, 0.3) is 0 Å². The predicted octanol–water partition coefficient (Wildman–Crippen LogP) is 2.25. The van der Waals surface area contributed by atoms with Gasteiger partial charge in [0.15, 0.2) is 0 Å². The molecule has 0 bridgehead atoms. The molecule has 2 aliphatic rings. The van der Waals surface area contributed by atoms with Gasteiger partial charge in [-0.1, -0.05) is 13.3 Å². The number of hydrogen-bond donors (Lipinski definition) is 1. The molecule has 0 unspecified atom stereocenters. The second-order valence-electron chi connectivity index (χ2n) is 7.65. The normalized spacial score (nSPS) is 18.6. The van der Waals surface area contributed by atoms with Gasteiger partial charge in [-0.25, -0.2) is 0 Å². The SMILES string of the molecule is CCCCOc1nc(N)c2c(n1)N(CC1CCN(C(C)C)CC1)C(=O)C2. The van der Waals surface area contributed by atoms with Crippen molar-refractivity contribution in [3.05, 3.63) is 5.56 Å². The van der Waals surface area contributed by atoms with Gasteiger partial charge in [0.05, 0.1) is 13.0 Å². The van der Waals surface area contributed by atoms with Crippen molar-refractivity contribution in [2.24, 2.45) is 5.92 Å². The van der Waals surface area contributed by atoms with Gasteiger partial charge in [0.2, 0.25) is 5.91 Å². The van der Waals surface area contributed by atoms with Gasteiger partial charge < -0.3 is 15.4 Å². The molecule has 2 aliphatic heterocycles. The number of amides is 1. The Bertz CT molecular complexity index is 641. The lowest BCUT2D eigenvalue weighted by Gasteiger charge is -2.35. The second kappa shape index (κ2) is 8.20. The number of rotatable bonds is 7. The van der Waals surface area contributed by atoms with Crippen LogP contribution in [-0.2, 0) is 11.2 Å². The molecule has 26 heavy (non-hydrogen) atoms. The van der Waals surface area contributed by atoms with Crippen molar-refractivity contribution in [1.29, 1.82) is 0 Å². The molecule has 3 rings (SSSR count). The molecule has 1 fully saturated rings. The average molecular weight is 361 g/mol. The molecule has 0 radical (unpaired) electrons. The largest absolute Gasteiger partial charge is 0.463 e. The van der Waals surface area contributed by atoms with Crippen molar-refractivity contribution in [2.45, 2.75) is 58.9 Å². The summed E-state index contributed by atoms with van der Waals surface area (Å²) in [5.74, 6) is 1.59. The molecule has 1 aromatic rings. The fourth-order valence-electron chi connectivity index (χ4n) is 3.70. The van der Waals surface area contributed by atoms with Crippen molar-refractivity contribution >= 4 is 17.5 Å². The van der Waals surface area contributed by atoms with E-state index >= 15 is 0 Å². The Labute approximate surface area is 155 Å². The number of hydrogen-bond acceptors (Lipinski definition) is 6. The van der Waals surface area contributed by atoms with Crippen LogP contribution in [0.2, 0.25) is 0 Å². The van der Waals surface area contributed by atoms with E-state index in [2.05, 4.69) is 35.6 Å². The number of piperidine rings is 1. The van der Waals surface area contributed by atoms with E-state index in [1.165, 1.54) is 0 Å². The summed E-state index contributed by atoms with van der Waals surface area (Å²) < 4.78 is 5.62. The Balaban J connectivity index is 1.69. The van der Waals surface area contributed by atoms with Gasteiger partial charge in [0, 0.05) is 18.2 Å². The van der Waals surface area contributed by atoms with Crippen molar-refractivity contribution in [1.82, 2.24) is 14.9 Å². The molecule has 0 spiro atoms. The smallest absolute Gasteiger partial charge is 0.320 e. The minimum absolute atomic E-state index is 0.0676. The maximum Gasteiger partial charge on any atom is 0.320 e. The number of fused-ring (bicyclic) bond motifs is 1. The molecule has 0 atom stereocenters. The molecule has 7 nitrogen and oxygen atoms in total. The first-order valence-corrected chi connectivity index (χ1v) is 9.83. The van der Waals surface area contributed by atoms with Crippen LogP contribution in [0.3, 0.4) is 0 Å². The summed E-state index contributed by atoms with van der Waals surface area (Å²) in [6.45, 7) is 10.0. The van der Waals surface area contributed by atoms with E-state index in [4.69, 9.17) is 10.5 Å². The number of carbonyl (C=O) groups excluding carboxylic acids is 1. The minimum atomic E-state index is 0.0676. The Kier molecular flexibility index (Phi) is 5.96. The van der Waals surface area contributed by atoms with E-state index in [0.29, 0.717) is 43.2 Å². The zero-order chi connectivity index (χ0) is 18.7. The van der Waals surface area contributed by atoms with Crippen LogP contribution < -0.4 is 15.4 Å². The summed E-state index contributed by atoms with van der Waals surface area (Å²) in [5, 5.41) is 0. The summed E-state index contributed by atoms with van der Waals surface area (Å²) in [6.07, 6.45) is 4.49. The van der Waals surface area contributed by atoms with Crippen LogP contribution in [0.4, 0.5) is 11.6 Å². The first-order chi connectivity index (χ1) is 12.5. The molecule has 2 N–H and O–H groups in total. The molecule has 0 aliphatic carbocycles. The van der Waals surface area contributed by atoms with Crippen LogP contribution in [-0.4, -0.2) is 53.1 Å². The highest BCUT2D eigenvalue weighted by Crippen LogP contribution is 2.34. The maximum atomic E-state index is 12.6. The molecule has 144 valence electrons. The van der Waals surface area contributed by atoms with E-state index in [0.717, 1.165) is 44.3 Å². The van der Waals surface area contributed by atoms with Gasteiger partial charge >= 0.3 is 6.01 Å². The number of anilines is 2. The highest BCUT2D eigenvalue weighted by Gasteiger charge is 2.34. The molecular weight excluding hydrogens is 330 g/mol. The maximum absolute atomic E-state index is 12.6. The Morgan fingerprint density at radius 3 is 2.65 bits per heavy atom. The number of nitrogen functional groups attached to an aromatic ring is 1. The summed E-state index contributed by atoms with van der Waals surface area (Å²) in [6, 6.07) is 0.865. The number of ether oxygens (including phenoxy) is 1. The lowest BCUT2D eigenvalue weighted by atomic mass is 9.95. The first kappa shape index (κ1) is 18.9.